The Kier molecular flexibility index (Phi) is 8.03. The standard InChI is InChI=1S/C25H27F3N2O6S/c1-13-20(27)22(29-9-6-10-35-37(5,33)34)19-17(31)12-18(36-23(19)21(13)28)14-7-8-16(15(26)11-14)30-24(32)25(2,3)4/h7-8,11-12,29H,6,9-10H2,1-5H3,(H,30,32). The SMILES string of the molecule is Cc1c(F)c(NCCCOS(C)(=O)=O)c2c(=O)cc(-c3ccc(NC(=O)C(C)(C)C)c(F)c3)oc2c1F. The van der Waals surface area contributed by atoms with Gasteiger partial charge in [0.05, 0.1) is 29.6 Å². The Labute approximate surface area is 211 Å². The molecule has 0 bridgehead atoms. The second kappa shape index (κ2) is 10.5. The van der Waals surface area contributed by atoms with E-state index in [1.54, 1.807) is 20.8 Å². The van der Waals surface area contributed by atoms with E-state index in [9.17, 15) is 31.2 Å². The average Bonchev–Trinajstić information content (AvgIpc) is 2.79. The molecule has 1 aromatic heterocycles. The molecule has 0 fully saturated rings. The topological polar surface area (TPSA) is 115 Å². The first-order valence-electron chi connectivity index (χ1n) is 11.2. The van der Waals surface area contributed by atoms with Gasteiger partial charge in [0.2, 0.25) is 5.91 Å². The van der Waals surface area contributed by atoms with Crippen LogP contribution in [0.25, 0.3) is 22.3 Å². The zero-order chi connectivity index (χ0) is 27.7. The molecule has 1 amide bonds. The minimum absolute atomic E-state index is 0.0146. The van der Waals surface area contributed by atoms with Gasteiger partial charge in [0.15, 0.2) is 22.6 Å². The Morgan fingerprint density at radius 3 is 2.38 bits per heavy atom. The molecule has 0 aliphatic rings. The fraction of sp³-hybridized carbons (Fsp3) is 0.360. The Bertz CT molecular complexity index is 1530. The van der Waals surface area contributed by atoms with Crippen molar-refractivity contribution >= 4 is 38.4 Å². The van der Waals surface area contributed by atoms with Crippen molar-refractivity contribution in [2.75, 3.05) is 30.0 Å². The molecule has 2 aromatic carbocycles. The third kappa shape index (κ3) is 6.50. The molecule has 2 N–H and O–H groups in total. The summed E-state index contributed by atoms with van der Waals surface area (Å²) in [5, 5.41) is 4.77. The summed E-state index contributed by atoms with van der Waals surface area (Å²) in [5.74, 6) is -3.46. The largest absolute Gasteiger partial charge is 0.453 e. The first-order chi connectivity index (χ1) is 17.1. The molecule has 0 radical (unpaired) electrons. The molecule has 3 rings (SSSR count). The number of rotatable bonds is 8. The van der Waals surface area contributed by atoms with E-state index < -0.39 is 55.5 Å². The monoisotopic (exact) mass is 540 g/mol. The Morgan fingerprint density at radius 2 is 1.78 bits per heavy atom. The highest BCUT2D eigenvalue weighted by Crippen LogP contribution is 2.33. The van der Waals surface area contributed by atoms with Crippen molar-refractivity contribution in [3.8, 4) is 11.3 Å². The van der Waals surface area contributed by atoms with Gasteiger partial charge in [-0.05, 0) is 31.5 Å². The van der Waals surface area contributed by atoms with Crippen LogP contribution in [0.15, 0.2) is 33.5 Å². The van der Waals surface area contributed by atoms with E-state index in [0.717, 1.165) is 18.4 Å². The first kappa shape index (κ1) is 28.2. The Morgan fingerprint density at radius 1 is 1.11 bits per heavy atom. The number of fused-ring (bicyclic) bond motifs is 1. The smallest absolute Gasteiger partial charge is 0.264 e. The van der Waals surface area contributed by atoms with Gasteiger partial charge in [-0.2, -0.15) is 8.42 Å². The van der Waals surface area contributed by atoms with Gasteiger partial charge in [0.25, 0.3) is 10.1 Å². The number of amides is 1. The summed E-state index contributed by atoms with van der Waals surface area (Å²) in [7, 11) is -3.64. The molecular weight excluding hydrogens is 513 g/mol. The fourth-order valence-electron chi connectivity index (χ4n) is 3.33. The van der Waals surface area contributed by atoms with E-state index >= 15 is 0 Å². The van der Waals surface area contributed by atoms with Crippen LogP contribution >= 0.6 is 0 Å². The maximum absolute atomic E-state index is 15.0. The van der Waals surface area contributed by atoms with Crippen molar-refractivity contribution in [2.45, 2.75) is 34.1 Å². The van der Waals surface area contributed by atoms with Crippen LogP contribution in [-0.2, 0) is 19.1 Å². The fourth-order valence-corrected chi connectivity index (χ4v) is 3.75. The summed E-state index contributed by atoms with van der Waals surface area (Å²) in [6.45, 7) is 6.02. The number of nitrogens with one attached hydrogen (secondary N) is 2. The molecule has 3 aromatic rings. The number of carbonyl (C=O) groups is 1. The van der Waals surface area contributed by atoms with Crippen LogP contribution in [0.4, 0.5) is 24.5 Å². The number of benzene rings is 2. The van der Waals surface area contributed by atoms with Crippen molar-refractivity contribution in [1.82, 2.24) is 0 Å². The molecule has 37 heavy (non-hydrogen) atoms. The maximum atomic E-state index is 15.0. The van der Waals surface area contributed by atoms with Crippen LogP contribution in [0.3, 0.4) is 0 Å². The lowest BCUT2D eigenvalue weighted by Gasteiger charge is -2.18. The summed E-state index contributed by atoms with van der Waals surface area (Å²) in [4.78, 5) is 25.1. The number of carbonyl (C=O) groups excluding carboxylic acids is 1. The number of anilines is 2. The molecule has 8 nitrogen and oxygen atoms in total. The van der Waals surface area contributed by atoms with Gasteiger partial charge in [-0.1, -0.05) is 20.8 Å². The minimum atomic E-state index is -3.64. The number of hydrogen-bond acceptors (Lipinski definition) is 7. The summed E-state index contributed by atoms with van der Waals surface area (Å²) in [5.41, 5.74) is -2.76. The van der Waals surface area contributed by atoms with E-state index in [4.69, 9.17) is 4.42 Å². The van der Waals surface area contributed by atoms with E-state index in [0.29, 0.717) is 0 Å². The van der Waals surface area contributed by atoms with Gasteiger partial charge in [-0.25, -0.2) is 13.2 Å². The minimum Gasteiger partial charge on any atom is -0.453 e. The molecule has 0 unspecified atom stereocenters. The molecule has 0 spiro atoms. The lowest BCUT2D eigenvalue weighted by atomic mass is 9.95. The van der Waals surface area contributed by atoms with E-state index in [2.05, 4.69) is 14.8 Å². The van der Waals surface area contributed by atoms with Crippen LogP contribution < -0.4 is 16.1 Å². The number of hydrogen-bond donors (Lipinski definition) is 2. The number of halogens is 3. The highest BCUT2D eigenvalue weighted by Gasteiger charge is 2.24. The van der Waals surface area contributed by atoms with Gasteiger partial charge in [0, 0.05) is 29.2 Å². The van der Waals surface area contributed by atoms with Crippen molar-refractivity contribution in [1.29, 1.82) is 0 Å². The van der Waals surface area contributed by atoms with Crippen LogP contribution in [0, 0.1) is 29.8 Å². The molecule has 0 saturated heterocycles. The lowest BCUT2D eigenvalue weighted by molar-refractivity contribution is -0.123. The third-order valence-corrected chi connectivity index (χ3v) is 5.97. The maximum Gasteiger partial charge on any atom is 0.264 e. The predicted molar refractivity (Wildman–Crippen MR) is 135 cm³/mol. The van der Waals surface area contributed by atoms with E-state index in [-0.39, 0.29) is 47.7 Å². The van der Waals surface area contributed by atoms with Crippen LogP contribution in [0.5, 0.6) is 0 Å². The van der Waals surface area contributed by atoms with Crippen molar-refractivity contribution in [2.24, 2.45) is 5.41 Å². The van der Waals surface area contributed by atoms with E-state index in [1.165, 1.54) is 19.1 Å². The van der Waals surface area contributed by atoms with Gasteiger partial charge < -0.3 is 15.1 Å². The third-order valence-electron chi connectivity index (χ3n) is 5.38. The quantitative estimate of drug-likeness (QED) is 0.307. The zero-order valence-electron chi connectivity index (χ0n) is 20.9. The van der Waals surface area contributed by atoms with Crippen LogP contribution in [-0.4, -0.2) is 33.7 Å². The van der Waals surface area contributed by atoms with Crippen LogP contribution in [0.1, 0.15) is 32.8 Å². The predicted octanol–water partition coefficient (Wildman–Crippen LogP) is 4.95. The highest BCUT2D eigenvalue weighted by atomic mass is 32.2. The summed E-state index contributed by atoms with van der Waals surface area (Å²) >= 11 is 0. The Hall–Kier alpha value is -3.38. The average molecular weight is 541 g/mol. The summed E-state index contributed by atoms with van der Waals surface area (Å²) < 4.78 is 76.9. The highest BCUT2D eigenvalue weighted by molar-refractivity contribution is 7.85. The summed E-state index contributed by atoms with van der Waals surface area (Å²) in [6, 6.07) is 4.69. The van der Waals surface area contributed by atoms with E-state index in [1.807, 2.05) is 0 Å². The normalized spacial score (nSPS) is 12.1. The van der Waals surface area contributed by atoms with Crippen molar-refractivity contribution in [3.63, 3.8) is 0 Å². The van der Waals surface area contributed by atoms with Gasteiger partial charge in [-0.15, -0.1) is 0 Å². The molecule has 0 atom stereocenters. The van der Waals surface area contributed by atoms with Gasteiger partial charge in [0.1, 0.15) is 11.6 Å². The molecule has 12 heteroatoms. The second-order valence-electron chi connectivity index (χ2n) is 9.51. The van der Waals surface area contributed by atoms with Crippen molar-refractivity contribution in [3.05, 3.63) is 57.5 Å². The van der Waals surface area contributed by atoms with Crippen LogP contribution in [0.2, 0.25) is 0 Å². The molecule has 0 saturated carbocycles. The van der Waals surface area contributed by atoms with Gasteiger partial charge in [-0.3, -0.25) is 13.8 Å². The molecular formula is C25H27F3N2O6S. The summed E-state index contributed by atoms with van der Waals surface area (Å²) in [6.07, 6.45) is 1.03. The lowest BCUT2D eigenvalue weighted by Crippen LogP contribution is -2.28. The second-order valence-corrected chi connectivity index (χ2v) is 11.2. The first-order valence-corrected chi connectivity index (χ1v) is 13.1. The molecule has 0 aliphatic heterocycles. The molecule has 200 valence electrons. The zero-order valence-corrected chi connectivity index (χ0v) is 21.7. The van der Waals surface area contributed by atoms with Gasteiger partial charge >= 0.3 is 0 Å². The molecule has 1 heterocycles. The molecule has 0 aliphatic carbocycles. The Balaban J connectivity index is 1.98. The van der Waals surface area contributed by atoms with Crippen molar-refractivity contribution < 1.29 is 35.0 Å².